The van der Waals surface area contributed by atoms with Gasteiger partial charge in [-0.3, -0.25) is 9.59 Å². The van der Waals surface area contributed by atoms with Crippen LogP contribution in [0.2, 0.25) is 0 Å². The largest absolute Gasteiger partial charge is 0.336 e. The number of hydrogen-bond donors (Lipinski definition) is 1. The molecule has 0 radical (unpaired) electrons. The summed E-state index contributed by atoms with van der Waals surface area (Å²) in [6, 6.07) is 6.69. The Morgan fingerprint density at radius 1 is 1.00 bits per heavy atom. The number of fused-ring (bicyclic) bond motifs is 1. The van der Waals surface area contributed by atoms with E-state index in [4.69, 9.17) is 0 Å². The van der Waals surface area contributed by atoms with Gasteiger partial charge in [0.2, 0.25) is 11.5 Å². The zero-order chi connectivity index (χ0) is 19.0. The SMILES string of the molecule is C=C.CCC(C)CCC(CC)C1=C(OO)C(=O)c2ccccc2C1=O. The van der Waals surface area contributed by atoms with Crippen molar-refractivity contribution in [3.63, 3.8) is 0 Å². The number of Topliss-reactive ketones (excluding diaryl/α,β-unsaturated/α-hetero) is 2. The second kappa shape index (κ2) is 9.94. The van der Waals surface area contributed by atoms with E-state index < -0.39 is 5.78 Å². The summed E-state index contributed by atoms with van der Waals surface area (Å²) >= 11 is 0. The third-order valence-electron chi connectivity index (χ3n) is 4.81. The van der Waals surface area contributed by atoms with Crippen molar-refractivity contribution in [1.82, 2.24) is 0 Å². The maximum atomic E-state index is 12.8. The summed E-state index contributed by atoms with van der Waals surface area (Å²) in [7, 11) is 0. The van der Waals surface area contributed by atoms with Crippen molar-refractivity contribution in [2.24, 2.45) is 11.8 Å². The summed E-state index contributed by atoms with van der Waals surface area (Å²) in [5.74, 6) is -0.356. The van der Waals surface area contributed by atoms with Crippen molar-refractivity contribution in [2.45, 2.75) is 46.5 Å². The minimum absolute atomic E-state index is 0.0871. The van der Waals surface area contributed by atoms with Crippen LogP contribution in [0.15, 0.2) is 48.8 Å². The van der Waals surface area contributed by atoms with Crippen molar-refractivity contribution in [1.29, 1.82) is 0 Å². The van der Waals surface area contributed by atoms with E-state index in [0.717, 1.165) is 25.7 Å². The average molecular weight is 344 g/mol. The Bertz CT molecular complexity index is 645. The van der Waals surface area contributed by atoms with Crippen molar-refractivity contribution in [3.05, 3.63) is 59.9 Å². The predicted molar refractivity (Wildman–Crippen MR) is 99.6 cm³/mol. The van der Waals surface area contributed by atoms with Crippen LogP contribution in [0.25, 0.3) is 0 Å². The highest BCUT2D eigenvalue weighted by atomic mass is 17.1. The molecule has 1 aromatic carbocycles. The van der Waals surface area contributed by atoms with Gasteiger partial charge in [0, 0.05) is 11.1 Å². The lowest BCUT2D eigenvalue weighted by molar-refractivity contribution is -0.199. The molecule has 1 N–H and O–H groups in total. The molecule has 0 bridgehead atoms. The van der Waals surface area contributed by atoms with Crippen LogP contribution in [0.4, 0.5) is 0 Å². The van der Waals surface area contributed by atoms with Gasteiger partial charge in [0.25, 0.3) is 0 Å². The molecular weight excluding hydrogens is 316 g/mol. The van der Waals surface area contributed by atoms with E-state index in [9.17, 15) is 14.8 Å². The van der Waals surface area contributed by atoms with Crippen LogP contribution in [-0.4, -0.2) is 16.8 Å². The molecule has 0 fully saturated rings. The zero-order valence-corrected chi connectivity index (χ0v) is 15.4. The smallest absolute Gasteiger partial charge is 0.232 e. The minimum atomic E-state index is -0.417. The molecule has 0 amide bonds. The monoisotopic (exact) mass is 344 g/mol. The molecule has 0 saturated heterocycles. The van der Waals surface area contributed by atoms with E-state index in [1.807, 2.05) is 6.92 Å². The van der Waals surface area contributed by atoms with Gasteiger partial charge < -0.3 is 4.89 Å². The van der Waals surface area contributed by atoms with Gasteiger partial charge in [0.1, 0.15) is 0 Å². The molecule has 0 heterocycles. The standard InChI is InChI=1S/C19H24O4.C2H4/c1-4-12(3)10-11-13(5-2)16-17(20)14-8-6-7-9-15(14)18(21)19(16)23-22;1-2/h6-9,12-13,22H,4-5,10-11H2,1-3H3;1-2H2. The summed E-state index contributed by atoms with van der Waals surface area (Å²) in [4.78, 5) is 29.7. The fraction of sp³-hybridized carbons (Fsp3) is 0.429. The molecule has 1 aliphatic carbocycles. The van der Waals surface area contributed by atoms with Crippen LogP contribution < -0.4 is 0 Å². The number of rotatable bonds is 7. The summed E-state index contributed by atoms with van der Waals surface area (Å²) in [5.41, 5.74) is 1.01. The van der Waals surface area contributed by atoms with Gasteiger partial charge in [-0.05, 0) is 24.7 Å². The van der Waals surface area contributed by atoms with Crippen LogP contribution in [0, 0.1) is 11.8 Å². The zero-order valence-electron chi connectivity index (χ0n) is 15.4. The minimum Gasteiger partial charge on any atom is -0.336 e. The molecule has 2 rings (SSSR count). The van der Waals surface area contributed by atoms with Crippen molar-refractivity contribution in [2.75, 3.05) is 0 Å². The van der Waals surface area contributed by atoms with Gasteiger partial charge in [-0.25, -0.2) is 5.26 Å². The van der Waals surface area contributed by atoms with E-state index in [1.54, 1.807) is 24.3 Å². The maximum absolute atomic E-state index is 12.8. The van der Waals surface area contributed by atoms with E-state index in [0.29, 0.717) is 22.6 Å². The molecule has 0 spiro atoms. The van der Waals surface area contributed by atoms with Crippen LogP contribution in [0.3, 0.4) is 0 Å². The van der Waals surface area contributed by atoms with Crippen LogP contribution in [-0.2, 0) is 4.89 Å². The van der Waals surface area contributed by atoms with E-state index in [2.05, 4.69) is 31.9 Å². The second-order valence-electron chi connectivity index (χ2n) is 6.23. The highest BCUT2D eigenvalue weighted by molar-refractivity contribution is 6.26. The number of carbonyl (C=O) groups is 2. The highest BCUT2D eigenvalue weighted by Crippen LogP contribution is 2.35. The molecule has 2 atom stereocenters. The molecular formula is C21H28O4. The van der Waals surface area contributed by atoms with Crippen LogP contribution >= 0.6 is 0 Å². The Kier molecular flexibility index (Phi) is 8.29. The summed E-state index contributed by atoms with van der Waals surface area (Å²) < 4.78 is 0. The van der Waals surface area contributed by atoms with Gasteiger partial charge in [-0.2, -0.15) is 0 Å². The normalized spacial score (nSPS) is 15.8. The van der Waals surface area contributed by atoms with Crippen LogP contribution in [0.1, 0.15) is 67.2 Å². The number of allylic oxidation sites excluding steroid dienone is 2. The lowest BCUT2D eigenvalue weighted by Crippen LogP contribution is -2.27. The Balaban J connectivity index is 0.00000151. The first-order valence-corrected chi connectivity index (χ1v) is 8.79. The Labute approximate surface area is 150 Å². The van der Waals surface area contributed by atoms with E-state index in [-0.39, 0.29) is 17.5 Å². The third-order valence-corrected chi connectivity index (χ3v) is 4.81. The third kappa shape index (κ3) is 4.45. The quantitative estimate of drug-likeness (QED) is 0.405. The first-order valence-electron chi connectivity index (χ1n) is 8.79. The van der Waals surface area contributed by atoms with Gasteiger partial charge in [-0.15, -0.1) is 13.2 Å². The van der Waals surface area contributed by atoms with Crippen molar-refractivity contribution >= 4 is 11.6 Å². The topological polar surface area (TPSA) is 63.6 Å². The first-order chi connectivity index (χ1) is 12.0. The lowest BCUT2D eigenvalue weighted by atomic mass is 9.78. The molecule has 0 aromatic heterocycles. The predicted octanol–water partition coefficient (Wildman–Crippen LogP) is 5.46. The van der Waals surface area contributed by atoms with Gasteiger partial charge in [0.05, 0.1) is 5.57 Å². The van der Waals surface area contributed by atoms with Gasteiger partial charge in [0.15, 0.2) is 5.78 Å². The Hall–Kier alpha value is -2.20. The Morgan fingerprint density at radius 2 is 1.56 bits per heavy atom. The first kappa shape index (κ1) is 20.8. The van der Waals surface area contributed by atoms with Crippen molar-refractivity contribution < 1.29 is 19.7 Å². The summed E-state index contributed by atoms with van der Waals surface area (Å²) in [5, 5.41) is 9.21. The highest BCUT2D eigenvalue weighted by Gasteiger charge is 2.37. The molecule has 1 aliphatic rings. The number of ketones is 2. The number of carbonyl (C=O) groups excluding carboxylic acids is 2. The molecule has 2 unspecified atom stereocenters. The molecule has 1 aromatic rings. The van der Waals surface area contributed by atoms with Crippen LogP contribution in [0.5, 0.6) is 0 Å². The van der Waals surface area contributed by atoms with Crippen molar-refractivity contribution in [3.8, 4) is 0 Å². The molecule has 4 nitrogen and oxygen atoms in total. The van der Waals surface area contributed by atoms with E-state index >= 15 is 0 Å². The molecule has 0 saturated carbocycles. The fourth-order valence-electron chi connectivity index (χ4n) is 3.08. The average Bonchev–Trinajstić information content (AvgIpc) is 2.67. The fourth-order valence-corrected chi connectivity index (χ4v) is 3.08. The Morgan fingerprint density at radius 3 is 2.04 bits per heavy atom. The van der Waals surface area contributed by atoms with E-state index in [1.165, 1.54) is 0 Å². The molecule has 0 aliphatic heterocycles. The molecule has 136 valence electrons. The lowest BCUT2D eigenvalue weighted by Gasteiger charge is -2.25. The molecule has 25 heavy (non-hydrogen) atoms. The number of benzene rings is 1. The number of hydrogen-bond acceptors (Lipinski definition) is 4. The maximum Gasteiger partial charge on any atom is 0.232 e. The molecule has 4 heteroatoms. The van der Waals surface area contributed by atoms with Gasteiger partial charge in [-0.1, -0.05) is 57.9 Å². The second-order valence-corrected chi connectivity index (χ2v) is 6.23. The van der Waals surface area contributed by atoms with Gasteiger partial charge >= 0.3 is 0 Å². The summed E-state index contributed by atoms with van der Waals surface area (Å²) in [6.07, 6.45) is 3.57. The summed E-state index contributed by atoms with van der Waals surface area (Å²) in [6.45, 7) is 12.3.